The fourth-order valence-electron chi connectivity index (χ4n) is 1.83. The molecule has 0 bridgehead atoms. The summed E-state index contributed by atoms with van der Waals surface area (Å²) in [5, 5.41) is 2.51. The van der Waals surface area contributed by atoms with Gasteiger partial charge in [-0.15, -0.1) is 0 Å². The van der Waals surface area contributed by atoms with Gasteiger partial charge in [0.15, 0.2) is 4.32 Å². The van der Waals surface area contributed by atoms with Crippen molar-refractivity contribution in [1.29, 1.82) is 0 Å². The smallest absolute Gasteiger partial charge is 0.283 e. The van der Waals surface area contributed by atoms with Crippen molar-refractivity contribution in [2.24, 2.45) is 5.84 Å². The lowest BCUT2D eigenvalue weighted by Crippen LogP contribution is -2.35. The minimum atomic E-state index is -0.261. The molecule has 1 aromatic carbocycles. The van der Waals surface area contributed by atoms with Crippen LogP contribution in [0, 0.1) is 0 Å². The zero-order chi connectivity index (χ0) is 13.7. The summed E-state index contributed by atoms with van der Waals surface area (Å²) in [6, 6.07) is 5.65. The molecule has 0 spiro atoms. The standard InChI is InChI=1S/C11H8ClN3OS3/c1-14-6-4-5(12)2-3-7(6)18-10(14)8-9(16)15(13)11(17)19-8/h2-4H,13H2,1H3. The van der Waals surface area contributed by atoms with Crippen LogP contribution < -0.4 is 10.7 Å². The van der Waals surface area contributed by atoms with Crippen LogP contribution in [0.5, 0.6) is 0 Å². The molecule has 0 saturated carbocycles. The first-order valence-corrected chi connectivity index (χ1v) is 7.67. The first kappa shape index (κ1) is 13.3. The molecule has 0 unspecified atom stereocenters. The molecular formula is C11H8ClN3OS3. The van der Waals surface area contributed by atoms with Crippen LogP contribution >= 0.6 is 47.3 Å². The van der Waals surface area contributed by atoms with Gasteiger partial charge in [0.1, 0.15) is 4.91 Å². The number of amides is 1. The first-order chi connectivity index (χ1) is 8.99. The zero-order valence-corrected chi connectivity index (χ0v) is 12.9. The molecule has 2 heterocycles. The molecule has 2 N–H and O–H groups in total. The Hall–Kier alpha value is -0.730. The molecule has 19 heavy (non-hydrogen) atoms. The van der Waals surface area contributed by atoms with Gasteiger partial charge < -0.3 is 4.90 Å². The third-order valence-electron chi connectivity index (χ3n) is 2.79. The number of rotatable bonds is 0. The van der Waals surface area contributed by atoms with Crippen LogP contribution in [-0.4, -0.2) is 22.3 Å². The Morgan fingerprint density at radius 3 is 2.74 bits per heavy atom. The topological polar surface area (TPSA) is 49.6 Å². The zero-order valence-electron chi connectivity index (χ0n) is 9.71. The number of carbonyl (C=O) groups is 1. The Kier molecular flexibility index (Phi) is 3.26. The fraction of sp³-hybridized carbons (Fsp3) is 0.0909. The summed E-state index contributed by atoms with van der Waals surface area (Å²) < 4.78 is 0.371. The molecule has 3 rings (SSSR count). The van der Waals surface area contributed by atoms with E-state index in [0.717, 1.165) is 20.6 Å². The maximum absolute atomic E-state index is 12.0. The lowest BCUT2D eigenvalue weighted by Gasteiger charge is -2.14. The third kappa shape index (κ3) is 2.05. The third-order valence-corrected chi connectivity index (χ3v) is 5.78. The van der Waals surface area contributed by atoms with Gasteiger partial charge >= 0.3 is 0 Å². The van der Waals surface area contributed by atoms with Crippen LogP contribution in [0.4, 0.5) is 5.69 Å². The number of thioether (sulfide) groups is 2. The molecule has 2 aliphatic heterocycles. The van der Waals surface area contributed by atoms with Crippen molar-refractivity contribution in [1.82, 2.24) is 5.01 Å². The number of fused-ring (bicyclic) bond motifs is 1. The van der Waals surface area contributed by atoms with Crippen molar-refractivity contribution in [3.8, 4) is 0 Å². The molecule has 1 fully saturated rings. The Labute approximate surface area is 128 Å². The second-order valence-electron chi connectivity index (χ2n) is 3.95. The summed E-state index contributed by atoms with van der Waals surface area (Å²) in [4.78, 5) is 15.6. The number of nitrogens with zero attached hydrogens (tertiary/aromatic N) is 2. The van der Waals surface area contributed by atoms with Gasteiger partial charge in [-0.2, -0.15) is 0 Å². The van der Waals surface area contributed by atoms with Gasteiger partial charge in [0.05, 0.1) is 10.7 Å². The van der Waals surface area contributed by atoms with E-state index < -0.39 is 0 Å². The van der Waals surface area contributed by atoms with E-state index in [2.05, 4.69) is 0 Å². The molecule has 98 valence electrons. The molecule has 0 radical (unpaired) electrons. The van der Waals surface area contributed by atoms with E-state index in [-0.39, 0.29) is 5.91 Å². The van der Waals surface area contributed by atoms with E-state index >= 15 is 0 Å². The maximum atomic E-state index is 12.0. The Morgan fingerprint density at radius 1 is 1.37 bits per heavy atom. The lowest BCUT2D eigenvalue weighted by atomic mass is 10.3. The number of hydrogen-bond acceptors (Lipinski definition) is 6. The van der Waals surface area contributed by atoms with Crippen molar-refractivity contribution < 1.29 is 4.79 Å². The van der Waals surface area contributed by atoms with Crippen molar-refractivity contribution in [3.05, 3.63) is 33.2 Å². The second kappa shape index (κ2) is 4.68. The van der Waals surface area contributed by atoms with E-state index in [4.69, 9.17) is 29.7 Å². The van der Waals surface area contributed by atoms with Crippen LogP contribution in [0.2, 0.25) is 5.02 Å². The minimum absolute atomic E-state index is 0.261. The van der Waals surface area contributed by atoms with Gasteiger partial charge in [0.25, 0.3) is 5.91 Å². The van der Waals surface area contributed by atoms with Gasteiger partial charge in [-0.25, -0.2) is 10.9 Å². The van der Waals surface area contributed by atoms with Gasteiger partial charge in [-0.05, 0) is 18.2 Å². The monoisotopic (exact) mass is 329 g/mol. The van der Waals surface area contributed by atoms with E-state index in [9.17, 15) is 4.79 Å². The Bertz CT molecular complexity index is 646. The highest BCUT2D eigenvalue weighted by Gasteiger charge is 2.36. The average Bonchev–Trinajstić information content (AvgIpc) is 2.83. The summed E-state index contributed by atoms with van der Waals surface area (Å²) in [7, 11) is 1.90. The van der Waals surface area contributed by atoms with E-state index in [1.54, 1.807) is 0 Å². The summed E-state index contributed by atoms with van der Waals surface area (Å²) >= 11 is 13.8. The number of hydrazine groups is 1. The second-order valence-corrected chi connectivity index (χ2v) is 7.06. The number of carbonyl (C=O) groups excluding carboxylic acids is 1. The van der Waals surface area contributed by atoms with Crippen molar-refractivity contribution in [2.45, 2.75) is 4.90 Å². The number of halogens is 1. The van der Waals surface area contributed by atoms with E-state index in [0.29, 0.717) is 14.2 Å². The average molecular weight is 330 g/mol. The predicted octanol–water partition coefficient (Wildman–Crippen LogP) is 2.79. The molecule has 1 saturated heterocycles. The number of benzene rings is 1. The summed E-state index contributed by atoms with van der Waals surface area (Å²) in [5.41, 5.74) is 0.981. The summed E-state index contributed by atoms with van der Waals surface area (Å²) in [6.45, 7) is 0. The van der Waals surface area contributed by atoms with Crippen LogP contribution in [0.1, 0.15) is 0 Å². The molecule has 0 aromatic heterocycles. The number of thiocarbonyl (C=S) groups is 1. The van der Waals surface area contributed by atoms with E-state index in [1.165, 1.54) is 23.5 Å². The van der Waals surface area contributed by atoms with Gasteiger partial charge in [-0.1, -0.05) is 47.3 Å². The Morgan fingerprint density at radius 2 is 2.11 bits per heavy atom. The number of hydrogen-bond donors (Lipinski definition) is 1. The van der Waals surface area contributed by atoms with Gasteiger partial charge in [0.2, 0.25) is 0 Å². The normalized spacial score (nSPS) is 22.5. The quantitative estimate of drug-likeness (QED) is 0.342. The lowest BCUT2D eigenvalue weighted by molar-refractivity contribution is -0.122. The molecule has 0 atom stereocenters. The van der Waals surface area contributed by atoms with E-state index in [1.807, 2.05) is 30.1 Å². The maximum Gasteiger partial charge on any atom is 0.283 e. The van der Waals surface area contributed by atoms with Crippen molar-refractivity contribution in [2.75, 3.05) is 11.9 Å². The summed E-state index contributed by atoms with van der Waals surface area (Å²) in [5.74, 6) is 5.33. The number of nitrogens with two attached hydrogens (primary N) is 1. The largest absolute Gasteiger partial charge is 0.337 e. The highest BCUT2D eigenvalue weighted by molar-refractivity contribution is 8.27. The number of anilines is 1. The molecular weight excluding hydrogens is 322 g/mol. The predicted molar refractivity (Wildman–Crippen MR) is 84.0 cm³/mol. The minimum Gasteiger partial charge on any atom is -0.337 e. The van der Waals surface area contributed by atoms with Gasteiger partial charge in [-0.3, -0.25) is 4.79 Å². The summed E-state index contributed by atoms with van der Waals surface area (Å²) in [6.07, 6.45) is 0. The first-order valence-electron chi connectivity index (χ1n) is 5.25. The fourth-order valence-corrected chi connectivity index (χ4v) is 4.40. The van der Waals surface area contributed by atoms with Crippen LogP contribution in [-0.2, 0) is 4.79 Å². The Balaban J connectivity index is 2.07. The van der Waals surface area contributed by atoms with Crippen LogP contribution in [0.25, 0.3) is 0 Å². The van der Waals surface area contributed by atoms with Crippen molar-refractivity contribution in [3.63, 3.8) is 0 Å². The SMILES string of the molecule is CN1C(=C2SC(=S)N(N)C2=O)Sc2ccc(Cl)cc21. The molecule has 4 nitrogen and oxygen atoms in total. The van der Waals surface area contributed by atoms with Gasteiger partial charge in [0, 0.05) is 17.0 Å². The molecule has 8 heteroatoms. The molecule has 1 aromatic rings. The molecule has 0 aliphatic carbocycles. The molecule has 2 aliphatic rings. The van der Waals surface area contributed by atoms with Crippen LogP contribution in [0.3, 0.4) is 0 Å². The highest BCUT2D eigenvalue weighted by atomic mass is 35.5. The van der Waals surface area contributed by atoms with Crippen LogP contribution in [0.15, 0.2) is 33.0 Å². The van der Waals surface area contributed by atoms with Crippen molar-refractivity contribution >= 4 is 63.3 Å². The molecule has 1 amide bonds. The highest BCUT2D eigenvalue weighted by Crippen LogP contribution is 2.50.